The molecule has 0 spiro atoms. The van der Waals surface area contributed by atoms with Gasteiger partial charge < -0.3 is 15.4 Å². The Kier molecular flexibility index (Phi) is 4.48. The molecule has 0 radical (unpaired) electrons. The number of benzene rings is 2. The average molecular weight is 423 g/mol. The summed E-state index contributed by atoms with van der Waals surface area (Å²) in [5, 5.41) is 0.694. The lowest BCUT2D eigenvalue weighted by Gasteiger charge is -2.25. The fourth-order valence-electron chi connectivity index (χ4n) is 4.87. The van der Waals surface area contributed by atoms with Gasteiger partial charge in [0.1, 0.15) is 17.5 Å². The molecular formula is C24H23F2N3O2. The number of pyridine rings is 1. The zero-order chi connectivity index (χ0) is 21.9. The number of halogens is 2. The number of nitrogens with two attached hydrogens (primary N) is 1. The Morgan fingerprint density at radius 2 is 1.87 bits per heavy atom. The van der Waals surface area contributed by atoms with Crippen LogP contribution in [0.4, 0.5) is 14.6 Å². The number of aromatic nitrogens is 1. The fraction of sp³-hybridized carbons (Fsp3) is 0.333. The summed E-state index contributed by atoms with van der Waals surface area (Å²) in [4.78, 5) is 19.3. The van der Waals surface area contributed by atoms with Gasteiger partial charge in [0.05, 0.1) is 24.3 Å². The third-order valence-corrected chi connectivity index (χ3v) is 6.55. The van der Waals surface area contributed by atoms with Crippen molar-refractivity contribution in [2.24, 2.45) is 5.41 Å². The number of hydrogen-bond donors (Lipinski definition) is 1. The van der Waals surface area contributed by atoms with Gasteiger partial charge in [0.15, 0.2) is 0 Å². The molecule has 1 saturated heterocycles. The van der Waals surface area contributed by atoms with Crippen molar-refractivity contribution in [3.8, 4) is 0 Å². The number of carbonyl (C=O) groups is 1. The molecule has 0 bridgehead atoms. The predicted molar refractivity (Wildman–Crippen MR) is 113 cm³/mol. The Morgan fingerprint density at radius 3 is 2.61 bits per heavy atom. The number of carbonyl (C=O) groups excluding carboxylic acids is 1. The van der Waals surface area contributed by atoms with Crippen molar-refractivity contribution in [2.45, 2.75) is 33.0 Å². The van der Waals surface area contributed by atoms with E-state index in [1.165, 1.54) is 18.2 Å². The van der Waals surface area contributed by atoms with Gasteiger partial charge in [-0.15, -0.1) is 0 Å². The summed E-state index contributed by atoms with van der Waals surface area (Å²) in [5.74, 6) is -0.911. The van der Waals surface area contributed by atoms with Gasteiger partial charge in [0, 0.05) is 36.0 Å². The van der Waals surface area contributed by atoms with Crippen LogP contribution in [-0.2, 0) is 18.0 Å². The van der Waals surface area contributed by atoms with Crippen LogP contribution in [0, 0.1) is 17.0 Å². The number of amides is 1. The van der Waals surface area contributed by atoms with E-state index in [0.29, 0.717) is 43.0 Å². The zero-order valence-corrected chi connectivity index (χ0v) is 17.4. The van der Waals surface area contributed by atoms with Crippen LogP contribution in [0.3, 0.4) is 0 Å². The topological polar surface area (TPSA) is 68.5 Å². The number of ether oxygens (including phenoxy) is 1. The highest BCUT2D eigenvalue weighted by Gasteiger charge is 2.42. The van der Waals surface area contributed by atoms with Crippen LogP contribution >= 0.6 is 0 Å². The quantitative estimate of drug-likeness (QED) is 0.664. The molecule has 31 heavy (non-hydrogen) atoms. The Morgan fingerprint density at radius 1 is 1.16 bits per heavy atom. The van der Waals surface area contributed by atoms with E-state index >= 15 is 0 Å². The van der Waals surface area contributed by atoms with Gasteiger partial charge >= 0.3 is 0 Å². The standard InChI is InChI=1S/C24H23F2N3O2/c1-24(2)12-29(9-19(24)13-3-5-14(25)6-4-13)23(30)16-7-15-17-10-31-11-18(17)22(27)28-21(15)8-20(16)26/h3-8,19H,9-12H2,1-2H3,(H2,27,28)/t19-/m0/s1. The predicted octanol–water partition coefficient (Wildman–Crippen LogP) is 4.39. The number of nitrogens with zero attached hydrogens (tertiary/aromatic N) is 2. The van der Waals surface area contributed by atoms with Crippen molar-refractivity contribution in [1.82, 2.24) is 9.88 Å². The Bertz CT molecular complexity index is 1210. The lowest BCUT2D eigenvalue weighted by atomic mass is 9.78. The first-order valence-electron chi connectivity index (χ1n) is 10.3. The molecule has 2 aromatic carbocycles. The van der Waals surface area contributed by atoms with Crippen LogP contribution in [-0.4, -0.2) is 28.9 Å². The lowest BCUT2D eigenvalue weighted by Crippen LogP contribution is -2.31. The summed E-state index contributed by atoms with van der Waals surface area (Å²) < 4.78 is 33.8. The van der Waals surface area contributed by atoms with Gasteiger partial charge in [0.25, 0.3) is 5.91 Å². The monoisotopic (exact) mass is 423 g/mol. The van der Waals surface area contributed by atoms with Crippen LogP contribution in [0.15, 0.2) is 36.4 Å². The highest BCUT2D eigenvalue weighted by Crippen LogP contribution is 2.43. The van der Waals surface area contributed by atoms with Crippen molar-refractivity contribution in [2.75, 3.05) is 18.8 Å². The maximum absolute atomic E-state index is 15.0. The van der Waals surface area contributed by atoms with E-state index < -0.39 is 5.82 Å². The molecule has 2 aliphatic heterocycles. The normalized spacial score (nSPS) is 19.7. The average Bonchev–Trinajstić information content (AvgIpc) is 3.33. The van der Waals surface area contributed by atoms with E-state index in [1.54, 1.807) is 23.1 Å². The molecule has 160 valence electrons. The Labute approximate surface area is 178 Å². The lowest BCUT2D eigenvalue weighted by molar-refractivity contribution is 0.0773. The molecule has 1 atom stereocenters. The summed E-state index contributed by atoms with van der Waals surface area (Å²) in [6.45, 7) is 5.79. The smallest absolute Gasteiger partial charge is 0.256 e. The Balaban J connectivity index is 1.51. The number of anilines is 1. The van der Waals surface area contributed by atoms with Gasteiger partial charge in [-0.2, -0.15) is 0 Å². The minimum Gasteiger partial charge on any atom is -0.383 e. The second-order valence-corrected chi connectivity index (χ2v) is 9.07. The molecule has 5 nitrogen and oxygen atoms in total. The van der Waals surface area contributed by atoms with E-state index in [9.17, 15) is 13.6 Å². The molecule has 3 heterocycles. The van der Waals surface area contributed by atoms with Crippen LogP contribution in [0.25, 0.3) is 10.9 Å². The van der Waals surface area contributed by atoms with Crippen LogP contribution < -0.4 is 5.73 Å². The number of likely N-dealkylation sites (tertiary alicyclic amines) is 1. The summed E-state index contributed by atoms with van der Waals surface area (Å²) in [6.07, 6.45) is 0. The van der Waals surface area contributed by atoms with Crippen molar-refractivity contribution in [1.29, 1.82) is 0 Å². The van der Waals surface area contributed by atoms with Crippen LogP contribution in [0.2, 0.25) is 0 Å². The minimum absolute atomic E-state index is 0.0173. The molecule has 1 fully saturated rings. The first-order valence-corrected chi connectivity index (χ1v) is 10.3. The molecule has 0 saturated carbocycles. The van der Waals surface area contributed by atoms with Crippen molar-refractivity contribution < 1.29 is 18.3 Å². The van der Waals surface area contributed by atoms with E-state index in [-0.39, 0.29) is 28.6 Å². The maximum atomic E-state index is 15.0. The molecule has 0 unspecified atom stereocenters. The first-order chi connectivity index (χ1) is 14.7. The zero-order valence-electron chi connectivity index (χ0n) is 17.4. The highest BCUT2D eigenvalue weighted by atomic mass is 19.1. The number of hydrogen-bond acceptors (Lipinski definition) is 4. The third kappa shape index (κ3) is 3.24. The molecular weight excluding hydrogens is 400 g/mol. The molecule has 1 aromatic heterocycles. The summed E-state index contributed by atoms with van der Waals surface area (Å²) in [6, 6.07) is 9.22. The second kappa shape index (κ2) is 6.99. The minimum atomic E-state index is -0.619. The van der Waals surface area contributed by atoms with Gasteiger partial charge in [0.2, 0.25) is 0 Å². The molecule has 1 amide bonds. The van der Waals surface area contributed by atoms with Crippen LogP contribution in [0.1, 0.15) is 46.8 Å². The molecule has 5 rings (SSSR count). The van der Waals surface area contributed by atoms with Gasteiger partial charge in [-0.25, -0.2) is 13.8 Å². The van der Waals surface area contributed by atoms with Gasteiger partial charge in [-0.1, -0.05) is 26.0 Å². The van der Waals surface area contributed by atoms with Crippen molar-refractivity contribution in [3.05, 3.63) is 70.3 Å². The van der Waals surface area contributed by atoms with E-state index in [1.807, 2.05) is 0 Å². The molecule has 7 heteroatoms. The number of nitrogen functional groups attached to an aromatic ring is 1. The third-order valence-electron chi connectivity index (χ3n) is 6.55. The van der Waals surface area contributed by atoms with Crippen molar-refractivity contribution >= 4 is 22.6 Å². The Hall–Kier alpha value is -3.06. The molecule has 0 aliphatic carbocycles. The van der Waals surface area contributed by atoms with Crippen molar-refractivity contribution in [3.63, 3.8) is 0 Å². The maximum Gasteiger partial charge on any atom is 0.256 e. The molecule has 2 aliphatic rings. The SMILES string of the molecule is CC1(C)CN(C(=O)c2cc3c4c(c(N)nc3cc2F)COC4)C[C@H]1c1ccc(F)cc1. The highest BCUT2D eigenvalue weighted by molar-refractivity contribution is 5.99. The largest absolute Gasteiger partial charge is 0.383 e. The summed E-state index contributed by atoms with van der Waals surface area (Å²) in [5.41, 5.74) is 8.82. The number of fused-ring (bicyclic) bond motifs is 3. The first kappa shape index (κ1) is 19.9. The van der Waals surface area contributed by atoms with E-state index in [0.717, 1.165) is 16.7 Å². The molecule has 2 N–H and O–H groups in total. The van der Waals surface area contributed by atoms with E-state index in [2.05, 4.69) is 18.8 Å². The molecule has 3 aromatic rings. The summed E-state index contributed by atoms with van der Waals surface area (Å²) >= 11 is 0. The number of rotatable bonds is 2. The summed E-state index contributed by atoms with van der Waals surface area (Å²) in [7, 11) is 0. The van der Waals surface area contributed by atoms with Gasteiger partial charge in [-0.05, 0) is 34.7 Å². The van der Waals surface area contributed by atoms with E-state index in [4.69, 9.17) is 10.5 Å². The van der Waals surface area contributed by atoms with Gasteiger partial charge in [-0.3, -0.25) is 4.79 Å². The van der Waals surface area contributed by atoms with Crippen LogP contribution in [0.5, 0.6) is 0 Å². The fourth-order valence-corrected chi connectivity index (χ4v) is 4.87. The second-order valence-electron chi connectivity index (χ2n) is 9.07.